The zero-order valence-corrected chi connectivity index (χ0v) is 10.3. The molecule has 4 heterocycles. The Morgan fingerprint density at radius 3 is 2.58 bits per heavy atom. The number of aryl methyl sites for hydroxylation is 1. The fourth-order valence-electron chi connectivity index (χ4n) is 2.30. The molecule has 0 saturated carbocycles. The number of nitrogens with one attached hydrogen (secondary N) is 2. The van der Waals surface area contributed by atoms with E-state index in [2.05, 4.69) is 29.1 Å². The second kappa shape index (κ2) is 3.61. The first kappa shape index (κ1) is 10.2. The Morgan fingerprint density at radius 2 is 1.74 bits per heavy atom. The van der Waals surface area contributed by atoms with Crippen LogP contribution in [0.3, 0.4) is 0 Å². The van der Waals surface area contributed by atoms with Gasteiger partial charge in [0.2, 0.25) is 12.4 Å². The molecule has 0 radical (unpaired) electrons. The van der Waals surface area contributed by atoms with Crippen LogP contribution in [0.1, 0.15) is 0 Å². The molecular weight excluding hydrogens is 240 g/mol. The minimum absolute atomic E-state index is 0.949. The van der Waals surface area contributed by atoms with Crippen molar-refractivity contribution in [2.45, 2.75) is 0 Å². The van der Waals surface area contributed by atoms with E-state index in [1.165, 1.54) is 0 Å². The monoisotopic (exact) mass is 252 g/mol. The van der Waals surface area contributed by atoms with Gasteiger partial charge in [0, 0.05) is 6.07 Å². The van der Waals surface area contributed by atoms with Gasteiger partial charge >= 0.3 is 5.82 Å². The summed E-state index contributed by atoms with van der Waals surface area (Å²) in [5, 5.41) is 0. The lowest BCUT2D eigenvalue weighted by Gasteiger charge is -1.94. The lowest BCUT2D eigenvalue weighted by atomic mass is 10.3. The number of aromatic amines is 2. The van der Waals surface area contributed by atoms with Crippen LogP contribution in [0.5, 0.6) is 0 Å². The van der Waals surface area contributed by atoms with Crippen LogP contribution in [-0.2, 0) is 7.05 Å². The Kier molecular flexibility index (Phi) is 1.94. The summed E-state index contributed by atoms with van der Waals surface area (Å²) in [4.78, 5) is 14.7. The van der Waals surface area contributed by atoms with Gasteiger partial charge in [0.25, 0.3) is 0 Å². The van der Waals surface area contributed by atoms with Gasteiger partial charge in [0.05, 0.1) is 12.7 Å². The van der Waals surface area contributed by atoms with E-state index in [1.807, 2.05) is 37.8 Å². The molecule has 0 aromatic carbocycles. The van der Waals surface area contributed by atoms with E-state index in [0.29, 0.717) is 0 Å². The lowest BCUT2D eigenvalue weighted by Crippen LogP contribution is -2.46. The van der Waals surface area contributed by atoms with E-state index >= 15 is 0 Å². The molecule has 4 aromatic heterocycles. The number of nitrogens with zero attached hydrogens (tertiary/aromatic N) is 4. The minimum atomic E-state index is 0.949. The largest absolute Gasteiger partial charge is 0.451 e. The van der Waals surface area contributed by atoms with Crippen LogP contribution in [0.4, 0.5) is 0 Å². The van der Waals surface area contributed by atoms with E-state index in [-0.39, 0.29) is 0 Å². The van der Waals surface area contributed by atoms with Crippen molar-refractivity contribution < 1.29 is 9.13 Å². The van der Waals surface area contributed by atoms with Crippen molar-refractivity contribution >= 4 is 22.1 Å². The summed E-state index contributed by atoms with van der Waals surface area (Å²) in [6.07, 6.45) is 9.46. The molecule has 0 amide bonds. The summed E-state index contributed by atoms with van der Waals surface area (Å²) in [5.41, 5.74) is 3.93. The molecular formula is C13H12N6+2. The fraction of sp³-hybridized carbons (Fsp3) is 0.0769. The molecule has 0 fully saturated rings. The zero-order chi connectivity index (χ0) is 12.8. The molecule has 6 nitrogen and oxygen atoms in total. The molecule has 19 heavy (non-hydrogen) atoms. The molecule has 0 aliphatic carbocycles. The summed E-state index contributed by atoms with van der Waals surface area (Å²) in [6.45, 7) is 0. The molecule has 0 aliphatic rings. The molecule has 0 spiro atoms. The van der Waals surface area contributed by atoms with Crippen molar-refractivity contribution in [3.8, 4) is 5.82 Å². The van der Waals surface area contributed by atoms with Gasteiger partial charge in [-0.1, -0.05) is 0 Å². The highest BCUT2D eigenvalue weighted by atomic mass is 15.1. The average molecular weight is 252 g/mol. The number of hydrogen-bond donors (Lipinski definition) is 2. The number of H-pyrrole nitrogens is 2. The summed E-state index contributed by atoms with van der Waals surface area (Å²) in [7, 11) is 2.01. The Morgan fingerprint density at radius 1 is 1.00 bits per heavy atom. The van der Waals surface area contributed by atoms with Crippen LogP contribution in [0.2, 0.25) is 0 Å². The number of pyridine rings is 2. The van der Waals surface area contributed by atoms with E-state index in [9.17, 15) is 0 Å². The molecule has 0 saturated heterocycles. The van der Waals surface area contributed by atoms with Crippen LogP contribution in [0.15, 0.2) is 43.4 Å². The predicted octanol–water partition coefficient (Wildman–Crippen LogP) is 0.540. The Balaban J connectivity index is 1.98. The third-order valence-corrected chi connectivity index (χ3v) is 3.27. The van der Waals surface area contributed by atoms with Gasteiger partial charge in [-0.3, -0.25) is 0 Å². The molecule has 0 aliphatic heterocycles. The van der Waals surface area contributed by atoms with Gasteiger partial charge in [-0.2, -0.15) is 0 Å². The third-order valence-electron chi connectivity index (χ3n) is 3.27. The Bertz CT molecular complexity index is 888. The highest BCUT2D eigenvalue weighted by Crippen LogP contribution is 2.09. The quantitative estimate of drug-likeness (QED) is 0.486. The topological polar surface area (TPSA) is 65.1 Å². The van der Waals surface area contributed by atoms with Crippen LogP contribution >= 0.6 is 0 Å². The van der Waals surface area contributed by atoms with Crippen molar-refractivity contribution in [2.24, 2.45) is 7.05 Å². The molecule has 0 bridgehead atoms. The summed E-state index contributed by atoms with van der Waals surface area (Å²) < 4.78 is 4.11. The van der Waals surface area contributed by atoms with Crippen molar-refractivity contribution in [3.05, 3.63) is 43.4 Å². The first-order valence-electron chi connectivity index (χ1n) is 5.99. The molecule has 2 N–H and O–H groups in total. The highest BCUT2D eigenvalue weighted by Gasteiger charge is 2.20. The molecule has 4 aromatic rings. The number of aromatic nitrogens is 6. The Labute approximate surface area is 108 Å². The molecule has 6 heteroatoms. The SMILES string of the molecule is C[n+]1cc2[nH]cnc2cc1-[n+]1ccc2nc[nH]c2c1. The van der Waals surface area contributed by atoms with E-state index < -0.39 is 0 Å². The van der Waals surface area contributed by atoms with Gasteiger partial charge in [-0.15, -0.1) is 9.13 Å². The maximum absolute atomic E-state index is 4.30. The number of hydrogen-bond acceptors (Lipinski definition) is 2. The Hall–Kier alpha value is -2.76. The molecule has 0 atom stereocenters. The maximum atomic E-state index is 4.30. The van der Waals surface area contributed by atoms with Gasteiger partial charge in [-0.25, -0.2) is 9.97 Å². The maximum Gasteiger partial charge on any atom is 0.451 e. The van der Waals surface area contributed by atoms with Crippen molar-refractivity contribution in [1.29, 1.82) is 0 Å². The second-order valence-corrected chi connectivity index (χ2v) is 4.50. The fourth-order valence-corrected chi connectivity index (χ4v) is 2.30. The van der Waals surface area contributed by atoms with Crippen molar-refractivity contribution in [2.75, 3.05) is 0 Å². The molecule has 4 rings (SSSR count). The van der Waals surface area contributed by atoms with Crippen LogP contribution in [0, 0.1) is 0 Å². The first-order chi connectivity index (χ1) is 9.31. The standard InChI is InChI=1S/C13H10N6/c1-18-5-11-10(15-8-16-11)4-13(18)19-3-2-9-12(6-19)17-7-14-9/h2-8H,1H3/p+2. The smallest absolute Gasteiger partial charge is 0.340 e. The average Bonchev–Trinajstić information content (AvgIpc) is 3.04. The minimum Gasteiger partial charge on any atom is -0.340 e. The van der Waals surface area contributed by atoms with Crippen molar-refractivity contribution in [1.82, 2.24) is 19.9 Å². The van der Waals surface area contributed by atoms with Gasteiger partial charge in [0.15, 0.2) is 6.20 Å². The zero-order valence-electron chi connectivity index (χ0n) is 10.3. The van der Waals surface area contributed by atoms with E-state index in [4.69, 9.17) is 0 Å². The summed E-state index contributed by atoms with van der Waals surface area (Å²) in [6, 6.07) is 4.04. The highest BCUT2D eigenvalue weighted by molar-refractivity contribution is 5.73. The van der Waals surface area contributed by atoms with Crippen LogP contribution < -0.4 is 9.13 Å². The third kappa shape index (κ3) is 1.50. The predicted molar refractivity (Wildman–Crippen MR) is 68.5 cm³/mol. The van der Waals surface area contributed by atoms with Gasteiger partial charge < -0.3 is 9.97 Å². The number of imidazole rings is 2. The van der Waals surface area contributed by atoms with Crippen molar-refractivity contribution in [3.63, 3.8) is 0 Å². The second-order valence-electron chi connectivity index (χ2n) is 4.50. The van der Waals surface area contributed by atoms with Gasteiger partial charge in [-0.05, 0) is 0 Å². The molecule has 0 unspecified atom stereocenters. The van der Waals surface area contributed by atoms with Crippen LogP contribution in [-0.4, -0.2) is 19.9 Å². The summed E-state index contributed by atoms with van der Waals surface area (Å²) in [5.74, 6) is 1.04. The molecule has 92 valence electrons. The number of rotatable bonds is 1. The first-order valence-corrected chi connectivity index (χ1v) is 5.99. The van der Waals surface area contributed by atoms with Gasteiger partial charge in [0.1, 0.15) is 35.2 Å². The lowest BCUT2D eigenvalue weighted by molar-refractivity contribution is -0.777. The number of fused-ring (bicyclic) bond motifs is 2. The van der Waals surface area contributed by atoms with Crippen LogP contribution in [0.25, 0.3) is 27.9 Å². The normalized spacial score (nSPS) is 11.4. The summed E-state index contributed by atoms with van der Waals surface area (Å²) >= 11 is 0. The van der Waals surface area contributed by atoms with E-state index in [0.717, 1.165) is 27.9 Å². The van der Waals surface area contributed by atoms with E-state index in [1.54, 1.807) is 12.7 Å².